The molecule has 0 aliphatic heterocycles. The fourth-order valence-electron chi connectivity index (χ4n) is 4.05. The first-order valence-corrected chi connectivity index (χ1v) is 7.13. The van der Waals surface area contributed by atoms with Crippen LogP contribution in [0.5, 0.6) is 0 Å². The van der Waals surface area contributed by atoms with Crippen molar-refractivity contribution in [1.82, 2.24) is 0 Å². The number of esters is 1. The first-order valence-electron chi connectivity index (χ1n) is 7.13. The maximum Gasteiger partial charge on any atom is 0.303 e. The van der Waals surface area contributed by atoms with Crippen LogP contribution in [0.15, 0.2) is 11.6 Å². The summed E-state index contributed by atoms with van der Waals surface area (Å²) in [6.07, 6.45) is 6.34. The molecule has 1 N–H and O–H groups in total. The molecule has 0 amide bonds. The van der Waals surface area contributed by atoms with Crippen molar-refractivity contribution >= 4 is 11.8 Å². The molecule has 104 valence electrons. The van der Waals surface area contributed by atoms with Crippen LogP contribution in [0.1, 0.15) is 45.4 Å². The van der Waals surface area contributed by atoms with Gasteiger partial charge in [0.1, 0.15) is 0 Å². The monoisotopic (exact) mass is 264 g/mol. The maximum absolute atomic E-state index is 12.0. The van der Waals surface area contributed by atoms with Gasteiger partial charge < -0.3 is 9.84 Å². The van der Waals surface area contributed by atoms with Crippen LogP contribution in [0, 0.1) is 11.8 Å². The number of rotatable bonds is 1. The summed E-state index contributed by atoms with van der Waals surface area (Å²) in [5.41, 5.74) is 0.413. The van der Waals surface area contributed by atoms with Gasteiger partial charge in [-0.15, -0.1) is 0 Å². The van der Waals surface area contributed by atoms with Gasteiger partial charge in [0.05, 0.1) is 5.60 Å². The number of aliphatic hydroxyl groups is 1. The van der Waals surface area contributed by atoms with Crippen LogP contribution in [0.25, 0.3) is 0 Å². The predicted molar refractivity (Wildman–Crippen MR) is 68.3 cm³/mol. The second-order valence-corrected chi connectivity index (χ2v) is 6.21. The minimum absolute atomic E-state index is 0.101. The Hall–Kier alpha value is -1.16. The van der Waals surface area contributed by atoms with Crippen molar-refractivity contribution in [3.05, 3.63) is 11.6 Å². The first kappa shape index (κ1) is 12.9. The van der Waals surface area contributed by atoms with E-state index in [4.69, 9.17) is 4.74 Å². The van der Waals surface area contributed by atoms with E-state index in [9.17, 15) is 14.7 Å². The Morgan fingerprint density at radius 2 is 2.26 bits per heavy atom. The zero-order chi connectivity index (χ0) is 13.6. The summed E-state index contributed by atoms with van der Waals surface area (Å²) in [6.45, 7) is 1.33. The minimum Gasteiger partial charge on any atom is -0.454 e. The lowest BCUT2D eigenvalue weighted by atomic mass is 9.63. The fourth-order valence-corrected chi connectivity index (χ4v) is 4.05. The van der Waals surface area contributed by atoms with Crippen LogP contribution in [-0.4, -0.2) is 28.6 Å². The van der Waals surface area contributed by atoms with Gasteiger partial charge in [-0.3, -0.25) is 9.59 Å². The van der Waals surface area contributed by atoms with Crippen molar-refractivity contribution < 1.29 is 19.4 Å². The molecule has 4 heteroatoms. The van der Waals surface area contributed by atoms with Gasteiger partial charge in [-0.1, -0.05) is 18.4 Å². The number of carbonyl (C=O) groups is 2. The zero-order valence-corrected chi connectivity index (χ0v) is 11.2. The number of hydrogen-bond acceptors (Lipinski definition) is 4. The Labute approximate surface area is 112 Å². The molecule has 4 atom stereocenters. The topological polar surface area (TPSA) is 63.6 Å². The third kappa shape index (κ3) is 2.12. The molecule has 0 radical (unpaired) electrons. The summed E-state index contributed by atoms with van der Waals surface area (Å²) < 4.78 is 5.17. The molecule has 2 fully saturated rings. The number of fused-ring (bicyclic) bond motifs is 2. The van der Waals surface area contributed by atoms with Crippen molar-refractivity contribution in [2.24, 2.45) is 11.8 Å². The molecule has 0 aromatic rings. The van der Waals surface area contributed by atoms with Gasteiger partial charge in [0.15, 0.2) is 11.9 Å². The van der Waals surface area contributed by atoms with Crippen LogP contribution >= 0.6 is 0 Å². The van der Waals surface area contributed by atoms with E-state index >= 15 is 0 Å². The Bertz CT molecular complexity index is 453. The molecule has 0 spiro atoms. The highest BCUT2D eigenvalue weighted by Crippen LogP contribution is 2.51. The van der Waals surface area contributed by atoms with Gasteiger partial charge in [0.2, 0.25) is 0 Å². The highest BCUT2D eigenvalue weighted by Gasteiger charge is 2.51. The van der Waals surface area contributed by atoms with E-state index in [1.165, 1.54) is 6.92 Å². The summed E-state index contributed by atoms with van der Waals surface area (Å²) in [6, 6.07) is 0. The quantitative estimate of drug-likeness (QED) is 0.733. The van der Waals surface area contributed by atoms with Crippen LogP contribution < -0.4 is 0 Å². The molecule has 3 aliphatic carbocycles. The summed E-state index contributed by atoms with van der Waals surface area (Å²) in [4.78, 5) is 23.1. The van der Waals surface area contributed by atoms with E-state index < -0.39 is 17.7 Å². The molecule has 4 unspecified atom stereocenters. The molecule has 0 saturated heterocycles. The predicted octanol–water partition coefficient (Wildman–Crippen LogP) is 1.76. The lowest BCUT2D eigenvalue weighted by molar-refractivity contribution is -0.156. The average molecular weight is 264 g/mol. The van der Waals surface area contributed by atoms with Gasteiger partial charge in [-0.2, -0.15) is 0 Å². The number of ketones is 1. The van der Waals surface area contributed by atoms with Crippen molar-refractivity contribution in [2.45, 2.75) is 57.2 Å². The van der Waals surface area contributed by atoms with Gasteiger partial charge in [0.25, 0.3) is 0 Å². The van der Waals surface area contributed by atoms with Gasteiger partial charge in [-0.05, 0) is 37.7 Å². The molecule has 0 aromatic carbocycles. The standard InChI is InChI=1S/C15H20O4/c1-9(16)19-14-12-8-15(18)5-3-2-4-11(15)6-10(12)7-13(14)17/h7,11-12,14,18H,2-6,8H2,1H3. The van der Waals surface area contributed by atoms with Gasteiger partial charge in [0, 0.05) is 12.8 Å². The highest BCUT2D eigenvalue weighted by atomic mass is 16.5. The van der Waals surface area contributed by atoms with Crippen LogP contribution in [0.2, 0.25) is 0 Å². The van der Waals surface area contributed by atoms with E-state index in [-0.39, 0.29) is 17.6 Å². The molecular weight excluding hydrogens is 244 g/mol. The Morgan fingerprint density at radius 1 is 1.47 bits per heavy atom. The molecule has 0 heterocycles. The number of ether oxygens (including phenoxy) is 1. The highest BCUT2D eigenvalue weighted by molar-refractivity contribution is 5.98. The van der Waals surface area contributed by atoms with Crippen LogP contribution in [0.4, 0.5) is 0 Å². The minimum atomic E-state index is -0.695. The normalized spacial score (nSPS) is 41.3. The second kappa shape index (κ2) is 4.44. The van der Waals surface area contributed by atoms with Gasteiger partial charge >= 0.3 is 5.97 Å². The van der Waals surface area contributed by atoms with Crippen molar-refractivity contribution in [3.8, 4) is 0 Å². The largest absolute Gasteiger partial charge is 0.454 e. The van der Waals surface area contributed by atoms with Crippen molar-refractivity contribution in [2.75, 3.05) is 0 Å². The lowest BCUT2D eigenvalue weighted by Crippen LogP contribution is -2.48. The summed E-state index contributed by atoms with van der Waals surface area (Å²) >= 11 is 0. The average Bonchev–Trinajstić information content (AvgIpc) is 2.61. The van der Waals surface area contributed by atoms with Gasteiger partial charge in [-0.25, -0.2) is 0 Å². The Morgan fingerprint density at radius 3 is 3.00 bits per heavy atom. The summed E-state index contributed by atoms with van der Waals surface area (Å²) in [7, 11) is 0. The molecule has 0 bridgehead atoms. The van der Waals surface area contributed by atoms with Crippen LogP contribution in [-0.2, 0) is 14.3 Å². The third-order valence-electron chi connectivity index (χ3n) is 4.97. The Balaban J connectivity index is 1.84. The molecule has 3 rings (SSSR count). The molecule has 19 heavy (non-hydrogen) atoms. The molecule has 3 aliphatic rings. The van der Waals surface area contributed by atoms with E-state index in [1.807, 2.05) is 0 Å². The zero-order valence-electron chi connectivity index (χ0n) is 11.2. The Kier molecular flexibility index (Phi) is 3.01. The summed E-state index contributed by atoms with van der Waals surface area (Å²) in [5, 5.41) is 10.8. The van der Waals surface area contributed by atoms with E-state index in [1.54, 1.807) is 6.08 Å². The van der Waals surface area contributed by atoms with E-state index in [0.29, 0.717) is 6.42 Å². The van der Waals surface area contributed by atoms with E-state index in [0.717, 1.165) is 37.7 Å². The molecule has 2 saturated carbocycles. The van der Waals surface area contributed by atoms with E-state index in [2.05, 4.69) is 0 Å². The summed E-state index contributed by atoms with van der Waals surface area (Å²) in [5.74, 6) is -0.369. The number of carbonyl (C=O) groups excluding carboxylic acids is 2. The smallest absolute Gasteiger partial charge is 0.303 e. The van der Waals surface area contributed by atoms with Crippen molar-refractivity contribution in [1.29, 1.82) is 0 Å². The first-order chi connectivity index (χ1) is 8.99. The molecule has 0 aromatic heterocycles. The van der Waals surface area contributed by atoms with Crippen LogP contribution in [0.3, 0.4) is 0 Å². The van der Waals surface area contributed by atoms with Crippen molar-refractivity contribution in [3.63, 3.8) is 0 Å². The maximum atomic E-state index is 12.0. The fraction of sp³-hybridized carbons (Fsp3) is 0.733. The number of hydrogen-bond donors (Lipinski definition) is 1. The molecule has 4 nitrogen and oxygen atoms in total. The second-order valence-electron chi connectivity index (χ2n) is 6.21. The SMILES string of the molecule is CC(=O)OC1C(=O)C=C2CC3CCCCC3(O)CC21. The third-order valence-corrected chi connectivity index (χ3v) is 4.97. The lowest BCUT2D eigenvalue weighted by Gasteiger charge is -2.47. The molecular formula is C15H20O4.